The Balaban J connectivity index is 1.45. The van der Waals surface area contributed by atoms with Crippen molar-refractivity contribution in [2.45, 2.75) is 192 Å². The second-order valence-corrected chi connectivity index (χ2v) is 20.9. The fraction of sp³-hybridized carbons (Fsp3) is 0.667. The molecule has 0 amide bonds. The Kier molecular flexibility index (Phi) is 23.8. The summed E-state index contributed by atoms with van der Waals surface area (Å²) in [5, 5.41) is 24.1. The molecular formula is C57H84N2O16. The van der Waals surface area contributed by atoms with Gasteiger partial charge in [0.25, 0.3) is 0 Å². The average Bonchev–Trinajstić information content (AvgIpc) is 3.35. The molecule has 5 rings (SSSR count). The first kappa shape index (κ1) is 61.2. The van der Waals surface area contributed by atoms with E-state index in [1.165, 1.54) is 14.0 Å². The van der Waals surface area contributed by atoms with Crippen LogP contribution in [0.3, 0.4) is 0 Å². The molecule has 3 aliphatic heterocycles. The molecule has 0 radical (unpaired) electrons. The molecule has 2 aromatic rings. The molecule has 2 aromatic carbocycles. The maximum atomic E-state index is 14.3. The Bertz CT molecular complexity index is 2160. The van der Waals surface area contributed by atoms with Gasteiger partial charge in [-0.15, -0.1) is 0 Å². The first-order chi connectivity index (χ1) is 35.7. The van der Waals surface area contributed by atoms with Crippen molar-refractivity contribution in [3.05, 3.63) is 66.2 Å². The van der Waals surface area contributed by atoms with E-state index in [1.54, 1.807) is 53.6 Å². The quantitative estimate of drug-likeness (QED) is 0.101. The van der Waals surface area contributed by atoms with E-state index in [0.717, 1.165) is 23.0 Å². The summed E-state index contributed by atoms with van der Waals surface area (Å²) < 4.78 is 56.3. The normalized spacial score (nSPS) is 33.8. The second-order valence-electron chi connectivity index (χ2n) is 20.9. The predicted molar refractivity (Wildman–Crippen MR) is 279 cm³/mol. The van der Waals surface area contributed by atoms with E-state index in [4.69, 9.17) is 42.6 Å². The van der Waals surface area contributed by atoms with Crippen LogP contribution in [-0.2, 0) is 66.6 Å². The summed E-state index contributed by atoms with van der Waals surface area (Å²) in [4.78, 5) is 68.9. The largest absolute Gasteiger partial charge is 0.462 e. The number of esters is 4. The van der Waals surface area contributed by atoms with Crippen LogP contribution in [0.2, 0.25) is 0 Å². The van der Waals surface area contributed by atoms with E-state index in [-0.39, 0.29) is 32.1 Å². The third-order valence-electron chi connectivity index (χ3n) is 14.5. The van der Waals surface area contributed by atoms with Crippen LogP contribution in [0.1, 0.15) is 112 Å². The lowest BCUT2D eigenvalue weighted by Gasteiger charge is -2.50. The fourth-order valence-electron chi connectivity index (χ4n) is 10.7. The average molecular weight is 1050 g/mol. The number of β-amino-alcohol motifs (C(OH)–C–C–N with tert-alkyl or cyclic N) is 1. The lowest BCUT2D eigenvalue weighted by atomic mass is 9.82. The molecule has 3 heterocycles. The number of likely N-dealkylation sites (N-methyl/N-ethyl adjacent to an activating group) is 2. The number of carbonyl (C=O) groups is 5. The molecule has 0 spiro atoms. The van der Waals surface area contributed by atoms with Gasteiger partial charge in [-0.2, -0.15) is 0 Å². The van der Waals surface area contributed by atoms with Gasteiger partial charge >= 0.3 is 23.9 Å². The van der Waals surface area contributed by atoms with E-state index in [0.29, 0.717) is 32.4 Å². The standard InChI is InChI=1S/C57H84N2O16/c1-12-46(63)71-45-32-48(65)70-43(25-18-21-39-20-17-24-41(31-39)40-22-15-14-16-23-40)26-19-28-59(10)34-44(62)35(3)30-42(27-29-60)53(54(45)67-11)74-56-51(66)50(58(8)9)52(36(4)69-56)73-49-33-57(7,75-38(6)61)55(37(5)68-49)72-47(64)13-2/h14-18,20-24,29,31,35-37,42-45,49-56,62,66H,12-13,19,25-28,30,32-34H2,1-11H3/t35-,36?,37?,42+,43+,44+,45-,49+,50?,51?,52-,53+,54+,55+,56+,57?/m1/s1. The van der Waals surface area contributed by atoms with Crippen molar-refractivity contribution >= 4 is 36.2 Å². The van der Waals surface area contributed by atoms with Crippen molar-refractivity contribution in [3.63, 3.8) is 0 Å². The zero-order valence-corrected chi connectivity index (χ0v) is 45.9. The first-order valence-electron chi connectivity index (χ1n) is 26.6. The number of carbonyl (C=O) groups excluding carboxylic acids is 5. The summed E-state index contributed by atoms with van der Waals surface area (Å²) in [5.74, 6) is -3.45. The Morgan fingerprint density at radius 2 is 1.59 bits per heavy atom. The minimum Gasteiger partial charge on any atom is -0.462 e. The molecule has 16 atom stereocenters. The Labute approximate surface area is 443 Å². The maximum absolute atomic E-state index is 14.3. The predicted octanol–water partition coefficient (Wildman–Crippen LogP) is 6.30. The van der Waals surface area contributed by atoms with E-state index in [2.05, 4.69) is 24.3 Å². The lowest BCUT2D eigenvalue weighted by Crippen LogP contribution is -2.66. The number of hydrogen-bond acceptors (Lipinski definition) is 18. The van der Waals surface area contributed by atoms with Gasteiger partial charge < -0.3 is 67.4 Å². The Hall–Kier alpha value is -4.63. The number of nitrogens with zero attached hydrogens (tertiary/aromatic N) is 2. The fourth-order valence-corrected chi connectivity index (χ4v) is 10.7. The number of cyclic esters (lactones) is 1. The van der Waals surface area contributed by atoms with E-state index >= 15 is 0 Å². The molecule has 3 fully saturated rings. The summed E-state index contributed by atoms with van der Waals surface area (Å²) in [5.41, 5.74) is 1.81. The van der Waals surface area contributed by atoms with Crippen molar-refractivity contribution in [1.29, 1.82) is 0 Å². The molecule has 0 saturated carbocycles. The van der Waals surface area contributed by atoms with Gasteiger partial charge in [0.15, 0.2) is 24.3 Å². The zero-order chi connectivity index (χ0) is 55.0. The number of ether oxygens (including phenoxy) is 9. The number of aldehydes is 1. The van der Waals surface area contributed by atoms with Crippen molar-refractivity contribution in [2.24, 2.45) is 11.8 Å². The van der Waals surface area contributed by atoms with Crippen molar-refractivity contribution < 1.29 is 76.8 Å². The molecule has 3 saturated heterocycles. The number of rotatable bonds is 17. The topological polar surface area (TPSA) is 215 Å². The highest BCUT2D eigenvalue weighted by atomic mass is 16.7. The molecule has 75 heavy (non-hydrogen) atoms. The Morgan fingerprint density at radius 3 is 2.24 bits per heavy atom. The zero-order valence-electron chi connectivity index (χ0n) is 45.9. The van der Waals surface area contributed by atoms with Crippen LogP contribution in [0, 0.1) is 11.8 Å². The van der Waals surface area contributed by atoms with Crippen molar-refractivity contribution in [3.8, 4) is 11.1 Å². The molecule has 0 aromatic heterocycles. The summed E-state index contributed by atoms with van der Waals surface area (Å²) >= 11 is 0. The van der Waals surface area contributed by atoms with E-state index in [9.17, 15) is 34.2 Å². The van der Waals surface area contributed by atoms with Crippen LogP contribution in [0.5, 0.6) is 0 Å². The lowest BCUT2D eigenvalue weighted by molar-refractivity contribution is -0.344. The number of methoxy groups -OCH3 is 1. The van der Waals surface area contributed by atoms with Crippen LogP contribution >= 0.6 is 0 Å². The number of aliphatic hydroxyl groups excluding tert-OH is 2. The first-order valence-corrected chi connectivity index (χ1v) is 26.6. The van der Waals surface area contributed by atoms with Crippen molar-refractivity contribution in [2.75, 3.05) is 41.3 Å². The van der Waals surface area contributed by atoms with Crippen molar-refractivity contribution in [1.82, 2.24) is 9.80 Å². The summed E-state index contributed by atoms with van der Waals surface area (Å²) in [7, 11) is 6.82. The van der Waals surface area contributed by atoms with Gasteiger partial charge in [-0.3, -0.25) is 19.2 Å². The minimum absolute atomic E-state index is 0.0237. The molecule has 5 unspecified atom stereocenters. The third-order valence-corrected chi connectivity index (χ3v) is 14.5. The molecule has 18 nitrogen and oxygen atoms in total. The molecule has 0 aliphatic carbocycles. The molecule has 18 heteroatoms. The maximum Gasteiger partial charge on any atom is 0.309 e. The van der Waals surface area contributed by atoms with Gasteiger partial charge in [-0.1, -0.05) is 81.5 Å². The highest BCUT2D eigenvalue weighted by Crippen LogP contribution is 2.39. The summed E-state index contributed by atoms with van der Waals surface area (Å²) in [6, 6.07) is 17.4. The molecular weight excluding hydrogens is 969 g/mol. The van der Waals surface area contributed by atoms with Crippen LogP contribution in [0.25, 0.3) is 17.2 Å². The van der Waals surface area contributed by atoms with Gasteiger partial charge in [0.05, 0.1) is 36.9 Å². The number of benzene rings is 2. The number of aliphatic hydroxyl groups is 2. The van der Waals surface area contributed by atoms with Crippen LogP contribution in [-0.4, -0.2) is 177 Å². The van der Waals surface area contributed by atoms with E-state index in [1.807, 2.05) is 61.4 Å². The molecule has 2 N–H and O–H groups in total. The van der Waals surface area contributed by atoms with Gasteiger partial charge in [0, 0.05) is 52.7 Å². The van der Waals surface area contributed by atoms with E-state index < -0.39 is 127 Å². The monoisotopic (exact) mass is 1050 g/mol. The summed E-state index contributed by atoms with van der Waals surface area (Å²) in [6.07, 6.45) is -6.30. The summed E-state index contributed by atoms with van der Waals surface area (Å²) in [6.45, 7) is 12.4. The Morgan fingerprint density at radius 1 is 0.893 bits per heavy atom. The SMILES string of the molecule is CCC(=O)O[C@@H]1CC(=O)O[C@@H](CC=Cc2cccc(-c3ccccc3)c2)CCCN(C)C[C@H](O)[C@H](C)C[C@H](CC=O)[C@H](O[C@@H]2OC(C)[C@@H](O[C@H]3CC(C)(OC(C)=O)[C@@H](OC(=O)CC)C(C)O3)C(N(C)C)C2O)[C@H]1OC. The van der Waals surface area contributed by atoms with Crippen LogP contribution < -0.4 is 0 Å². The third kappa shape index (κ3) is 17.4. The smallest absolute Gasteiger partial charge is 0.309 e. The molecule has 3 aliphatic rings. The highest BCUT2D eigenvalue weighted by molar-refractivity contribution is 5.73. The number of hydrogen-bond donors (Lipinski definition) is 2. The van der Waals surface area contributed by atoms with Gasteiger partial charge in [0.2, 0.25) is 0 Å². The van der Waals surface area contributed by atoms with Gasteiger partial charge in [-0.25, -0.2) is 0 Å². The highest BCUT2D eigenvalue weighted by Gasteiger charge is 2.54. The second kappa shape index (κ2) is 29.2. The molecule has 418 valence electrons. The van der Waals surface area contributed by atoms with Crippen LogP contribution in [0.4, 0.5) is 0 Å². The molecule has 0 bridgehead atoms. The van der Waals surface area contributed by atoms with Crippen LogP contribution in [0.15, 0.2) is 60.7 Å². The van der Waals surface area contributed by atoms with Gasteiger partial charge in [0.1, 0.15) is 36.8 Å². The van der Waals surface area contributed by atoms with Gasteiger partial charge in [-0.05, 0) is 102 Å². The minimum atomic E-state index is -1.44.